The highest BCUT2D eigenvalue weighted by atomic mass is 14.6. The molecular formula is C32H62. The van der Waals surface area contributed by atoms with Gasteiger partial charge >= 0.3 is 0 Å². The summed E-state index contributed by atoms with van der Waals surface area (Å²) >= 11 is 0. The number of fused-ring (bicyclic) bond motifs is 5. The van der Waals surface area contributed by atoms with Crippen molar-refractivity contribution in [1.29, 1.82) is 0 Å². The van der Waals surface area contributed by atoms with E-state index in [0.29, 0.717) is 10.8 Å². The van der Waals surface area contributed by atoms with Crippen LogP contribution in [0.2, 0.25) is 0 Å². The van der Waals surface area contributed by atoms with Crippen molar-refractivity contribution in [3.63, 3.8) is 0 Å². The minimum Gasteiger partial charge on any atom is -0.0683 e. The third kappa shape index (κ3) is 5.30. The summed E-state index contributed by atoms with van der Waals surface area (Å²) in [5, 5.41) is 0. The van der Waals surface area contributed by atoms with Crippen LogP contribution in [0.5, 0.6) is 0 Å². The van der Waals surface area contributed by atoms with Gasteiger partial charge in [0.05, 0.1) is 0 Å². The predicted molar refractivity (Wildman–Crippen MR) is 145 cm³/mol. The third-order valence-corrected chi connectivity index (χ3v) is 11.6. The lowest BCUT2D eigenvalue weighted by Crippen LogP contribution is -2.53. The highest BCUT2D eigenvalue weighted by molar-refractivity contribution is 5.09. The van der Waals surface area contributed by atoms with Crippen LogP contribution in [0.3, 0.4) is 0 Å². The van der Waals surface area contributed by atoms with Crippen molar-refractivity contribution in [2.45, 2.75) is 146 Å². The van der Waals surface area contributed by atoms with E-state index >= 15 is 0 Å². The van der Waals surface area contributed by atoms with Crippen LogP contribution in [0.15, 0.2) is 0 Å². The largest absolute Gasteiger partial charge is 0.0683 e. The Labute approximate surface area is 204 Å². The molecule has 0 radical (unpaired) electrons. The van der Waals surface area contributed by atoms with E-state index < -0.39 is 0 Å². The maximum absolute atomic E-state index is 2.75. The zero-order valence-corrected chi connectivity index (χ0v) is 24.1. The quantitative estimate of drug-likeness (QED) is 0.394. The lowest BCUT2D eigenvalue weighted by Gasteiger charge is -2.61. The molecule has 0 heterocycles. The van der Waals surface area contributed by atoms with Gasteiger partial charge in [-0.1, -0.05) is 94.9 Å². The van der Waals surface area contributed by atoms with E-state index in [4.69, 9.17) is 0 Å². The summed E-state index contributed by atoms with van der Waals surface area (Å²) in [4.78, 5) is 0. The van der Waals surface area contributed by atoms with Crippen molar-refractivity contribution in [2.24, 2.45) is 58.2 Å². The lowest BCUT2D eigenvalue weighted by atomic mass is 9.44. The summed E-state index contributed by atoms with van der Waals surface area (Å²) in [6.45, 7) is 23.4. The predicted octanol–water partition coefficient (Wildman–Crippen LogP) is 10.8. The molecule has 4 rings (SSSR count). The number of hydrogen-bond acceptors (Lipinski definition) is 0. The van der Waals surface area contributed by atoms with Gasteiger partial charge in [-0.15, -0.1) is 0 Å². The Morgan fingerprint density at radius 2 is 1.31 bits per heavy atom. The fourth-order valence-corrected chi connectivity index (χ4v) is 9.33. The van der Waals surface area contributed by atoms with Crippen LogP contribution < -0.4 is 0 Å². The fraction of sp³-hybridized carbons (Fsp3) is 1.00. The van der Waals surface area contributed by atoms with Gasteiger partial charge in [0.15, 0.2) is 0 Å². The topological polar surface area (TPSA) is 0 Å². The third-order valence-electron chi connectivity index (χ3n) is 11.6. The molecule has 0 aliphatic heterocycles. The molecule has 0 nitrogen and oxygen atoms in total. The minimum atomic E-state index is 0.666. The molecule has 9 unspecified atom stereocenters. The van der Waals surface area contributed by atoms with Gasteiger partial charge in [-0.3, -0.25) is 0 Å². The maximum Gasteiger partial charge on any atom is -0.0264 e. The molecule has 0 aromatic carbocycles. The molecule has 190 valence electrons. The normalized spacial score (nSPS) is 42.3. The summed E-state index contributed by atoms with van der Waals surface area (Å²) in [6, 6.07) is 0. The Hall–Kier alpha value is 0. The van der Waals surface area contributed by atoms with E-state index in [1.165, 1.54) is 25.7 Å². The first kappa shape index (κ1) is 28.2. The van der Waals surface area contributed by atoms with Crippen molar-refractivity contribution in [2.75, 3.05) is 0 Å². The van der Waals surface area contributed by atoms with E-state index in [0.717, 1.165) is 47.3 Å². The molecule has 4 aliphatic carbocycles. The van der Waals surface area contributed by atoms with Crippen LogP contribution in [-0.4, -0.2) is 0 Å². The Kier molecular flexibility index (Phi) is 10.7. The molecule has 4 aliphatic rings. The smallest absolute Gasteiger partial charge is 0.0264 e. The molecule has 0 bridgehead atoms. The van der Waals surface area contributed by atoms with E-state index in [1.54, 1.807) is 51.4 Å². The van der Waals surface area contributed by atoms with E-state index in [-0.39, 0.29) is 0 Å². The second-order valence-electron chi connectivity index (χ2n) is 12.9. The van der Waals surface area contributed by atoms with E-state index in [2.05, 4.69) is 41.5 Å². The van der Waals surface area contributed by atoms with Crippen molar-refractivity contribution >= 4 is 0 Å². The van der Waals surface area contributed by atoms with E-state index in [9.17, 15) is 0 Å². The first-order valence-electron chi connectivity index (χ1n) is 15.3. The Morgan fingerprint density at radius 1 is 0.656 bits per heavy atom. The van der Waals surface area contributed by atoms with Crippen molar-refractivity contribution in [3.8, 4) is 0 Å². The molecule has 0 spiro atoms. The van der Waals surface area contributed by atoms with Gasteiger partial charge in [-0.05, 0) is 110 Å². The van der Waals surface area contributed by atoms with Gasteiger partial charge in [0.2, 0.25) is 0 Å². The van der Waals surface area contributed by atoms with Crippen LogP contribution in [0, 0.1) is 58.2 Å². The monoisotopic (exact) mass is 446 g/mol. The van der Waals surface area contributed by atoms with Crippen molar-refractivity contribution in [1.82, 2.24) is 0 Å². The molecule has 9 atom stereocenters. The van der Waals surface area contributed by atoms with Crippen molar-refractivity contribution in [3.05, 3.63) is 0 Å². The molecule has 0 heteroatoms. The van der Waals surface area contributed by atoms with E-state index in [1.807, 2.05) is 27.7 Å². The van der Waals surface area contributed by atoms with Crippen LogP contribution in [0.1, 0.15) is 146 Å². The van der Waals surface area contributed by atoms with Crippen LogP contribution >= 0.6 is 0 Å². The molecule has 0 saturated heterocycles. The summed E-state index contributed by atoms with van der Waals surface area (Å²) in [7, 11) is 0. The SMILES string of the molecule is CC.CC.CC(C)C(C)CCC(C)C1CCC2C3CCC4CCCCC4(C)C3CCC12C. The lowest BCUT2D eigenvalue weighted by molar-refractivity contribution is -0.114. The zero-order valence-electron chi connectivity index (χ0n) is 24.1. The Morgan fingerprint density at radius 3 is 1.97 bits per heavy atom. The summed E-state index contributed by atoms with van der Waals surface area (Å²) in [6.07, 6.45) is 18.4. The van der Waals surface area contributed by atoms with Crippen LogP contribution in [-0.2, 0) is 0 Å². The average Bonchev–Trinajstić information content (AvgIpc) is 3.16. The van der Waals surface area contributed by atoms with Gasteiger partial charge in [0, 0.05) is 0 Å². The van der Waals surface area contributed by atoms with Gasteiger partial charge in [0.1, 0.15) is 0 Å². The average molecular weight is 447 g/mol. The molecule has 0 N–H and O–H groups in total. The fourth-order valence-electron chi connectivity index (χ4n) is 9.33. The van der Waals surface area contributed by atoms with Crippen molar-refractivity contribution < 1.29 is 0 Å². The molecule has 4 saturated carbocycles. The highest BCUT2D eigenvalue weighted by Crippen LogP contribution is 2.68. The first-order valence-corrected chi connectivity index (χ1v) is 15.3. The molecule has 0 aromatic heterocycles. The zero-order chi connectivity index (χ0) is 24.1. The standard InChI is InChI=1S/C28H50.2C2H6/c1-19(2)20(3)10-11-21(4)24-14-15-25-23-13-12-22-9-7-8-17-27(22,5)26(23)16-18-28(24,25)6;2*1-2/h19-26H,7-18H2,1-6H3;2*1-2H3. The molecule has 0 amide bonds. The number of rotatable bonds is 5. The Balaban J connectivity index is 0.000000860. The van der Waals surface area contributed by atoms with Gasteiger partial charge in [-0.2, -0.15) is 0 Å². The second-order valence-corrected chi connectivity index (χ2v) is 12.9. The maximum atomic E-state index is 2.75. The number of hydrogen-bond donors (Lipinski definition) is 0. The van der Waals surface area contributed by atoms with Gasteiger partial charge < -0.3 is 0 Å². The summed E-state index contributed by atoms with van der Waals surface area (Å²) in [5.74, 6) is 7.96. The summed E-state index contributed by atoms with van der Waals surface area (Å²) < 4.78 is 0. The molecule has 4 fully saturated rings. The minimum absolute atomic E-state index is 0.666. The van der Waals surface area contributed by atoms with Gasteiger partial charge in [0.25, 0.3) is 0 Å². The van der Waals surface area contributed by atoms with Gasteiger partial charge in [-0.25, -0.2) is 0 Å². The first-order chi connectivity index (χ1) is 15.3. The second kappa shape index (κ2) is 12.1. The molecule has 32 heavy (non-hydrogen) atoms. The Bertz CT molecular complexity index is 534. The molecule has 0 aromatic rings. The highest BCUT2D eigenvalue weighted by Gasteiger charge is 2.60. The van der Waals surface area contributed by atoms with Crippen LogP contribution in [0.4, 0.5) is 0 Å². The molecular weight excluding hydrogens is 384 g/mol. The summed E-state index contributed by atoms with van der Waals surface area (Å²) in [5.41, 5.74) is 1.37. The van der Waals surface area contributed by atoms with Crippen LogP contribution in [0.25, 0.3) is 0 Å².